The molecule has 0 saturated carbocycles. The summed E-state index contributed by atoms with van der Waals surface area (Å²) in [7, 11) is 1.94. The van der Waals surface area contributed by atoms with Crippen LogP contribution in [0.25, 0.3) is 11.3 Å². The Hall–Kier alpha value is -2.94. The van der Waals surface area contributed by atoms with Crippen molar-refractivity contribution in [3.8, 4) is 17.3 Å². The van der Waals surface area contributed by atoms with E-state index in [2.05, 4.69) is 35.2 Å². The topological polar surface area (TPSA) is 81.9 Å². The molecule has 1 unspecified atom stereocenters. The van der Waals surface area contributed by atoms with Gasteiger partial charge in [-0.3, -0.25) is 4.79 Å². The smallest absolute Gasteiger partial charge is 0.255 e. The van der Waals surface area contributed by atoms with E-state index in [1.54, 1.807) is 18.3 Å². The van der Waals surface area contributed by atoms with E-state index in [4.69, 9.17) is 5.26 Å². The molecule has 2 rings (SSSR count). The predicted octanol–water partition coefficient (Wildman–Crippen LogP) is 3.64. The van der Waals surface area contributed by atoms with Crippen molar-refractivity contribution in [1.29, 1.82) is 5.26 Å². The molecule has 6 heteroatoms. The minimum Gasteiger partial charge on any atom is -0.349 e. The molecule has 0 aliphatic carbocycles. The number of benzene rings is 1. The van der Waals surface area contributed by atoms with Crippen LogP contribution >= 0.6 is 0 Å². The van der Waals surface area contributed by atoms with Gasteiger partial charge in [0.2, 0.25) is 5.95 Å². The number of nitrogens with zero attached hydrogens (tertiary/aromatic N) is 4. The Balaban J connectivity index is 2.48. The molecule has 1 N–H and O–H groups in total. The molecule has 142 valence electrons. The largest absolute Gasteiger partial charge is 0.349 e. The first-order chi connectivity index (χ1) is 12.8. The van der Waals surface area contributed by atoms with Crippen molar-refractivity contribution >= 4 is 11.9 Å². The summed E-state index contributed by atoms with van der Waals surface area (Å²) in [4.78, 5) is 23.8. The van der Waals surface area contributed by atoms with Gasteiger partial charge in [-0.05, 0) is 31.4 Å². The Morgan fingerprint density at radius 1 is 1.26 bits per heavy atom. The molecule has 0 bridgehead atoms. The van der Waals surface area contributed by atoms with Gasteiger partial charge in [-0.1, -0.05) is 32.9 Å². The molecule has 1 amide bonds. The molecule has 1 aromatic heterocycles. The highest BCUT2D eigenvalue weighted by Crippen LogP contribution is 2.24. The number of hydrogen-bond acceptors (Lipinski definition) is 5. The summed E-state index contributed by atoms with van der Waals surface area (Å²) in [5.74, 6) is 0.843. The average molecular weight is 365 g/mol. The number of carbonyl (C=O) groups excluding carboxylic acids is 1. The summed E-state index contributed by atoms with van der Waals surface area (Å²) in [5, 5.41) is 12.0. The van der Waals surface area contributed by atoms with Gasteiger partial charge < -0.3 is 10.2 Å². The van der Waals surface area contributed by atoms with Crippen molar-refractivity contribution in [2.45, 2.75) is 40.2 Å². The van der Waals surface area contributed by atoms with E-state index in [0.717, 1.165) is 18.5 Å². The first kappa shape index (κ1) is 20.4. The van der Waals surface area contributed by atoms with E-state index in [9.17, 15) is 4.79 Å². The molecule has 0 spiro atoms. The van der Waals surface area contributed by atoms with Gasteiger partial charge in [0.05, 0.1) is 22.9 Å². The maximum absolute atomic E-state index is 12.7. The van der Waals surface area contributed by atoms with Crippen LogP contribution in [0.3, 0.4) is 0 Å². The highest BCUT2D eigenvalue weighted by molar-refractivity contribution is 6.00. The van der Waals surface area contributed by atoms with E-state index >= 15 is 0 Å². The lowest BCUT2D eigenvalue weighted by molar-refractivity contribution is 0.0939. The molecule has 0 radical (unpaired) electrons. The Labute approximate surface area is 161 Å². The lowest BCUT2D eigenvalue weighted by Gasteiger charge is -2.21. The second-order valence-corrected chi connectivity index (χ2v) is 7.18. The van der Waals surface area contributed by atoms with Gasteiger partial charge >= 0.3 is 0 Å². The molecule has 0 aliphatic heterocycles. The van der Waals surface area contributed by atoms with Gasteiger partial charge in [-0.25, -0.2) is 9.97 Å². The van der Waals surface area contributed by atoms with Crippen molar-refractivity contribution in [2.24, 2.45) is 5.92 Å². The van der Waals surface area contributed by atoms with Gasteiger partial charge in [-0.15, -0.1) is 0 Å². The number of nitrogens with one attached hydrogen (secondary N) is 1. The highest BCUT2D eigenvalue weighted by Gasteiger charge is 2.19. The van der Waals surface area contributed by atoms with Crippen LogP contribution in [0.4, 0.5) is 5.95 Å². The predicted molar refractivity (Wildman–Crippen MR) is 108 cm³/mol. The van der Waals surface area contributed by atoms with Crippen LogP contribution in [0.2, 0.25) is 0 Å². The molecule has 1 heterocycles. The number of amides is 1. The fourth-order valence-corrected chi connectivity index (χ4v) is 2.68. The number of hydrogen-bond donors (Lipinski definition) is 1. The van der Waals surface area contributed by atoms with Gasteiger partial charge in [0.1, 0.15) is 0 Å². The third-order valence-corrected chi connectivity index (χ3v) is 4.28. The first-order valence-corrected chi connectivity index (χ1v) is 9.25. The fourth-order valence-electron chi connectivity index (χ4n) is 2.68. The molecule has 6 nitrogen and oxygen atoms in total. The highest BCUT2D eigenvalue weighted by atomic mass is 16.1. The molecule has 2 aromatic rings. The van der Waals surface area contributed by atoms with Gasteiger partial charge in [0.15, 0.2) is 0 Å². The molecular formula is C21H27N5O. The van der Waals surface area contributed by atoms with Crippen LogP contribution in [-0.4, -0.2) is 35.5 Å². The number of anilines is 1. The second kappa shape index (κ2) is 9.13. The summed E-state index contributed by atoms with van der Waals surface area (Å²) >= 11 is 0. The molecule has 0 saturated heterocycles. The summed E-state index contributed by atoms with van der Waals surface area (Å²) in [5.41, 5.74) is 2.35. The molecule has 0 fully saturated rings. The van der Waals surface area contributed by atoms with E-state index < -0.39 is 0 Å². The lowest BCUT2D eigenvalue weighted by atomic mass is 10.0. The SMILES string of the molecule is CCC(C)NC(=O)c1cnc(N(C)CC(C)C)nc1-c1ccc(C#N)cc1. The number of rotatable bonds is 7. The van der Waals surface area contributed by atoms with Gasteiger partial charge in [0, 0.05) is 31.4 Å². The zero-order valence-corrected chi connectivity index (χ0v) is 16.7. The second-order valence-electron chi connectivity index (χ2n) is 7.18. The zero-order valence-electron chi connectivity index (χ0n) is 16.7. The van der Waals surface area contributed by atoms with E-state index in [1.165, 1.54) is 0 Å². The summed E-state index contributed by atoms with van der Waals surface area (Å²) < 4.78 is 0. The van der Waals surface area contributed by atoms with Crippen molar-refractivity contribution in [3.05, 3.63) is 41.6 Å². The number of aromatic nitrogens is 2. The van der Waals surface area contributed by atoms with E-state index in [1.807, 2.05) is 37.9 Å². The van der Waals surface area contributed by atoms with Gasteiger partial charge in [0.25, 0.3) is 5.91 Å². The molecular weight excluding hydrogens is 338 g/mol. The Morgan fingerprint density at radius 3 is 2.48 bits per heavy atom. The maximum Gasteiger partial charge on any atom is 0.255 e. The van der Waals surface area contributed by atoms with Crippen LogP contribution in [0.15, 0.2) is 30.5 Å². The third-order valence-electron chi connectivity index (χ3n) is 4.28. The fraction of sp³-hybridized carbons (Fsp3) is 0.429. The number of carbonyl (C=O) groups is 1. The van der Waals surface area contributed by atoms with E-state index in [0.29, 0.717) is 28.7 Å². The van der Waals surface area contributed by atoms with Crippen LogP contribution in [0, 0.1) is 17.2 Å². The normalized spacial score (nSPS) is 11.7. The lowest BCUT2D eigenvalue weighted by Crippen LogP contribution is -2.33. The quantitative estimate of drug-likeness (QED) is 0.810. The van der Waals surface area contributed by atoms with Crippen LogP contribution in [0.1, 0.15) is 50.0 Å². The molecule has 1 atom stereocenters. The standard InChI is InChI=1S/C21H27N5O/c1-6-15(4)24-20(27)18-12-23-21(26(5)13-14(2)3)25-19(18)17-9-7-16(11-22)8-10-17/h7-10,12,14-15H,6,13H2,1-5H3,(H,24,27). The van der Waals surface area contributed by atoms with Crippen molar-refractivity contribution in [1.82, 2.24) is 15.3 Å². The Bertz CT molecular complexity index is 823. The minimum atomic E-state index is -0.193. The molecule has 0 aliphatic rings. The van der Waals surface area contributed by atoms with Crippen molar-refractivity contribution in [3.63, 3.8) is 0 Å². The summed E-state index contributed by atoms with van der Waals surface area (Å²) in [6, 6.07) is 9.25. The maximum atomic E-state index is 12.7. The summed E-state index contributed by atoms with van der Waals surface area (Å²) in [6.07, 6.45) is 2.43. The van der Waals surface area contributed by atoms with Crippen LogP contribution in [-0.2, 0) is 0 Å². The Kier molecular flexibility index (Phi) is 6.89. The van der Waals surface area contributed by atoms with Crippen molar-refractivity contribution < 1.29 is 4.79 Å². The third kappa shape index (κ3) is 5.27. The van der Waals surface area contributed by atoms with Crippen LogP contribution in [0.5, 0.6) is 0 Å². The first-order valence-electron chi connectivity index (χ1n) is 9.25. The monoisotopic (exact) mass is 365 g/mol. The minimum absolute atomic E-state index is 0.0645. The van der Waals surface area contributed by atoms with Crippen LogP contribution < -0.4 is 10.2 Å². The summed E-state index contributed by atoms with van der Waals surface area (Å²) in [6.45, 7) is 9.06. The molecule has 27 heavy (non-hydrogen) atoms. The van der Waals surface area contributed by atoms with Crippen molar-refractivity contribution in [2.75, 3.05) is 18.5 Å². The van der Waals surface area contributed by atoms with Gasteiger partial charge in [-0.2, -0.15) is 5.26 Å². The zero-order chi connectivity index (χ0) is 20.0. The molecule has 1 aromatic carbocycles. The number of nitriles is 1. The average Bonchev–Trinajstić information content (AvgIpc) is 2.66. The Morgan fingerprint density at radius 2 is 1.93 bits per heavy atom. The van der Waals surface area contributed by atoms with E-state index in [-0.39, 0.29) is 11.9 Å².